The van der Waals surface area contributed by atoms with E-state index >= 15 is 0 Å². The molecule has 10 heavy (non-hydrogen) atoms. The van der Waals surface area contributed by atoms with Gasteiger partial charge in [-0.3, -0.25) is 4.79 Å². The minimum absolute atomic E-state index is 0.0162. The summed E-state index contributed by atoms with van der Waals surface area (Å²) >= 11 is 0. The largest absolute Gasteiger partial charge is 0.481 e. The van der Waals surface area contributed by atoms with Crippen molar-refractivity contribution in [1.82, 2.24) is 0 Å². The first-order valence-electron chi connectivity index (χ1n) is 3.37. The van der Waals surface area contributed by atoms with E-state index in [1.54, 1.807) is 13.8 Å². The van der Waals surface area contributed by atoms with Crippen molar-refractivity contribution in [3.63, 3.8) is 0 Å². The van der Waals surface area contributed by atoms with Crippen LogP contribution in [-0.2, 0) is 4.79 Å². The van der Waals surface area contributed by atoms with Gasteiger partial charge >= 0.3 is 5.97 Å². The molecule has 0 aliphatic rings. The molecule has 0 unspecified atom stereocenters. The molecule has 0 saturated heterocycles. The fourth-order valence-electron chi connectivity index (χ4n) is 1.05. The molecule has 0 rings (SSSR count). The third-order valence-electron chi connectivity index (χ3n) is 1.52. The number of aliphatic hydroxyl groups is 1. The van der Waals surface area contributed by atoms with E-state index in [4.69, 9.17) is 10.2 Å². The standard InChI is InChI=1S/C7H14O3/c1-4(2)6(5(3)8)7(9)10/h4-6,8H,1-3H3,(H,9,10)/t5-,6-/m1/s1. The summed E-state index contributed by atoms with van der Waals surface area (Å²) in [5.41, 5.74) is 0. The maximum atomic E-state index is 10.4. The Bertz CT molecular complexity index is 110. The highest BCUT2D eigenvalue weighted by Crippen LogP contribution is 2.14. The Morgan fingerprint density at radius 2 is 1.70 bits per heavy atom. The van der Waals surface area contributed by atoms with E-state index < -0.39 is 18.0 Å². The lowest BCUT2D eigenvalue weighted by atomic mass is 9.91. The van der Waals surface area contributed by atoms with Gasteiger partial charge in [0, 0.05) is 0 Å². The predicted octanol–water partition coefficient (Wildman–Crippen LogP) is 0.724. The third kappa shape index (κ3) is 2.35. The first kappa shape index (κ1) is 9.43. The van der Waals surface area contributed by atoms with E-state index in [0.717, 1.165) is 0 Å². The quantitative estimate of drug-likeness (QED) is 0.617. The molecule has 0 bridgehead atoms. The third-order valence-corrected chi connectivity index (χ3v) is 1.52. The lowest BCUT2D eigenvalue weighted by Crippen LogP contribution is -2.30. The van der Waals surface area contributed by atoms with Crippen LogP contribution in [0.4, 0.5) is 0 Å². The first-order chi connectivity index (χ1) is 4.46. The molecule has 3 nitrogen and oxygen atoms in total. The molecule has 3 heteroatoms. The molecule has 0 aromatic rings. The SMILES string of the molecule is CC(C)[C@@H](C(=O)O)[C@@H](C)O. The Labute approximate surface area is 60.7 Å². The predicted molar refractivity (Wildman–Crippen MR) is 37.6 cm³/mol. The molecule has 2 N–H and O–H groups in total. The molecule has 0 aromatic carbocycles. The van der Waals surface area contributed by atoms with Gasteiger partial charge in [0.2, 0.25) is 0 Å². The van der Waals surface area contributed by atoms with Crippen molar-refractivity contribution < 1.29 is 15.0 Å². The number of aliphatic carboxylic acids is 1. The molecule has 0 fully saturated rings. The first-order valence-corrected chi connectivity index (χ1v) is 3.37. The number of carbonyl (C=O) groups is 1. The second kappa shape index (κ2) is 3.56. The van der Waals surface area contributed by atoms with Gasteiger partial charge in [-0.2, -0.15) is 0 Å². The van der Waals surface area contributed by atoms with E-state index in [9.17, 15) is 4.79 Å². The summed E-state index contributed by atoms with van der Waals surface area (Å²) in [5.74, 6) is -1.58. The Morgan fingerprint density at radius 3 is 1.70 bits per heavy atom. The van der Waals surface area contributed by atoms with E-state index in [1.807, 2.05) is 0 Å². The van der Waals surface area contributed by atoms with Crippen LogP contribution in [0.2, 0.25) is 0 Å². The molecule has 0 aromatic heterocycles. The van der Waals surface area contributed by atoms with Crippen molar-refractivity contribution in [1.29, 1.82) is 0 Å². The minimum Gasteiger partial charge on any atom is -0.481 e. The van der Waals surface area contributed by atoms with Gasteiger partial charge in [-0.05, 0) is 12.8 Å². The molecular formula is C7H14O3. The van der Waals surface area contributed by atoms with Crippen molar-refractivity contribution in [2.24, 2.45) is 11.8 Å². The lowest BCUT2D eigenvalue weighted by molar-refractivity contribution is -0.147. The van der Waals surface area contributed by atoms with Gasteiger partial charge in [-0.1, -0.05) is 13.8 Å². The molecule has 0 saturated carbocycles. The van der Waals surface area contributed by atoms with Crippen LogP contribution in [0.5, 0.6) is 0 Å². The van der Waals surface area contributed by atoms with Crippen molar-refractivity contribution in [2.45, 2.75) is 26.9 Å². The molecule has 0 heterocycles. The number of hydrogen-bond acceptors (Lipinski definition) is 2. The fourth-order valence-corrected chi connectivity index (χ4v) is 1.05. The molecule has 0 aliphatic carbocycles. The zero-order valence-corrected chi connectivity index (χ0v) is 6.53. The average Bonchev–Trinajstić information content (AvgIpc) is 1.59. The number of hydrogen-bond donors (Lipinski definition) is 2. The van der Waals surface area contributed by atoms with Crippen LogP contribution in [0.25, 0.3) is 0 Å². The smallest absolute Gasteiger partial charge is 0.309 e. The normalized spacial score (nSPS) is 16.9. The van der Waals surface area contributed by atoms with Gasteiger partial charge in [-0.15, -0.1) is 0 Å². The maximum absolute atomic E-state index is 10.4. The number of carboxylic acid groups (broad SMARTS) is 1. The van der Waals surface area contributed by atoms with Crippen molar-refractivity contribution in [2.75, 3.05) is 0 Å². The number of rotatable bonds is 3. The second-order valence-electron chi connectivity index (χ2n) is 2.85. The summed E-state index contributed by atoms with van der Waals surface area (Å²) in [4.78, 5) is 10.4. The fraction of sp³-hybridized carbons (Fsp3) is 0.857. The highest BCUT2D eigenvalue weighted by Gasteiger charge is 2.25. The van der Waals surface area contributed by atoms with Crippen LogP contribution in [0.1, 0.15) is 20.8 Å². The zero-order chi connectivity index (χ0) is 8.31. The van der Waals surface area contributed by atoms with Gasteiger partial charge in [-0.25, -0.2) is 0 Å². The van der Waals surface area contributed by atoms with Crippen LogP contribution < -0.4 is 0 Å². The van der Waals surface area contributed by atoms with E-state index in [-0.39, 0.29) is 5.92 Å². The summed E-state index contributed by atoms with van der Waals surface area (Å²) in [6.45, 7) is 5.07. The van der Waals surface area contributed by atoms with E-state index in [2.05, 4.69) is 0 Å². The lowest BCUT2D eigenvalue weighted by Gasteiger charge is -2.18. The molecule has 0 spiro atoms. The monoisotopic (exact) mass is 146 g/mol. The van der Waals surface area contributed by atoms with E-state index in [1.165, 1.54) is 6.92 Å². The highest BCUT2D eigenvalue weighted by atomic mass is 16.4. The average molecular weight is 146 g/mol. The molecular weight excluding hydrogens is 132 g/mol. The summed E-state index contributed by atoms with van der Waals surface area (Å²) in [6, 6.07) is 0. The van der Waals surface area contributed by atoms with Crippen LogP contribution in [-0.4, -0.2) is 22.3 Å². The van der Waals surface area contributed by atoms with Crippen LogP contribution in [0.15, 0.2) is 0 Å². The van der Waals surface area contributed by atoms with Gasteiger partial charge in [0.15, 0.2) is 0 Å². The summed E-state index contributed by atoms with van der Waals surface area (Å²) in [5, 5.41) is 17.5. The summed E-state index contributed by atoms with van der Waals surface area (Å²) in [7, 11) is 0. The molecule has 60 valence electrons. The molecule has 2 atom stereocenters. The van der Waals surface area contributed by atoms with Crippen molar-refractivity contribution in [3.05, 3.63) is 0 Å². The minimum atomic E-state index is -0.926. The highest BCUT2D eigenvalue weighted by molar-refractivity contribution is 5.70. The molecule has 0 aliphatic heterocycles. The maximum Gasteiger partial charge on any atom is 0.309 e. The van der Waals surface area contributed by atoms with Crippen LogP contribution in [0, 0.1) is 11.8 Å². The van der Waals surface area contributed by atoms with E-state index in [0.29, 0.717) is 0 Å². The molecule has 0 amide bonds. The summed E-state index contributed by atoms with van der Waals surface area (Å²) in [6.07, 6.45) is -0.766. The van der Waals surface area contributed by atoms with Gasteiger partial charge in [0.1, 0.15) is 0 Å². The topological polar surface area (TPSA) is 57.5 Å². The second-order valence-corrected chi connectivity index (χ2v) is 2.85. The van der Waals surface area contributed by atoms with Gasteiger partial charge < -0.3 is 10.2 Å². The van der Waals surface area contributed by atoms with Gasteiger partial charge in [0.25, 0.3) is 0 Å². The number of carboxylic acids is 1. The summed E-state index contributed by atoms with van der Waals surface area (Å²) < 4.78 is 0. The molecule has 0 radical (unpaired) electrons. The Morgan fingerprint density at radius 1 is 1.30 bits per heavy atom. The zero-order valence-electron chi connectivity index (χ0n) is 6.53. The van der Waals surface area contributed by atoms with Crippen molar-refractivity contribution >= 4 is 5.97 Å². The Kier molecular flexibility index (Phi) is 3.36. The van der Waals surface area contributed by atoms with Crippen molar-refractivity contribution in [3.8, 4) is 0 Å². The van der Waals surface area contributed by atoms with Crippen LogP contribution >= 0.6 is 0 Å². The van der Waals surface area contributed by atoms with Crippen LogP contribution in [0.3, 0.4) is 0 Å². The number of aliphatic hydroxyl groups excluding tert-OH is 1. The Balaban J connectivity index is 4.12. The van der Waals surface area contributed by atoms with Gasteiger partial charge in [0.05, 0.1) is 12.0 Å². The Hall–Kier alpha value is -0.570.